The lowest BCUT2D eigenvalue weighted by atomic mass is 10.1. The number of hydrogen-bond acceptors (Lipinski definition) is 7. The van der Waals surface area contributed by atoms with Crippen molar-refractivity contribution >= 4 is 12.1 Å². The van der Waals surface area contributed by atoms with Gasteiger partial charge in [0.05, 0.1) is 34.7 Å². The molecule has 2 rings (SSSR count). The van der Waals surface area contributed by atoms with Gasteiger partial charge in [-0.1, -0.05) is 0 Å². The van der Waals surface area contributed by atoms with Crippen molar-refractivity contribution in [3.05, 3.63) is 41.0 Å². The van der Waals surface area contributed by atoms with Gasteiger partial charge in [0.2, 0.25) is 5.75 Å². The summed E-state index contributed by atoms with van der Waals surface area (Å²) >= 11 is 0. The van der Waals surface area contributed by atoms with Crippen LogP contribution in [0, 0.1) is 6.92 Å². The van der Waals surface area contributed by atoms with Crippen LogP contribution in [-0.4, -0.2) is 45.7 Å². The number of aromatic hydroxyl groups is 1. The Morgan fingerprint density at radius 2 is 1.56 bits per heavy atom. The number of methoxy groups -OCH3 is 4. The van der Waals surface area contributed by atoms with E-state index in [0.29, 0.717) is 17.1 Å². The number of nitrogens with zero attached hydrogens (tertiary/aromatic N) is 1. The maximum atomic E-state index is 12.4. The molecule has 0 aliphatic rings. The minimum Gasteiger partial charge on any atom is -0.502 e. The lowest BCUT2D eigenvalue weighted by Gasteiger charge is -2.11. The van der Waals surface area contributed by atoms with E-state index in [4.69, 9.17) is 18.9 Å². The molecule has 0 aromatic heterocycles. The van der Waals surface area contributed by atoms with E-state index in [0.717, 1.165) is 5.56 Å². The number of ether oxygens (including phenoxy) is 4. The summed E-state index contributed by atoms with van der Waals surface area (Å²) < 4.78 is 20.7. The molecule has 27 heavy (non-hydrogen) atoms. The fourth-order valence-electron chi connectivity index (χ4n) is 2.48. The van der Waals surface area contributed by atoms with E-state index in [1.807, 2.05) is 19.1 Å². The van der Waals surface area contributed by atoms with Crippen LogP contribution in [0.3, 0.4) is 0 Å². The zero-order valence-corrected chi connectivity index (χ0v) is 15.8. The molecule has 2 aromatic rings. The molecule has 144 valence electrons. The molecule has 0 aliphatic heterocycles. The number of hydrogen-bond donors (Lipinski definition) is 2. The first-order chi connectivity index (χ1) is 12.9. The average Bonchev–Trinajstić information content (AvgIpc) is 2.67. The van der Waals surface area contributed by atoms with Gasteiger partial charge in [-0.25, -0.2) is 5.43 Å². The number of phenolic OH excluding ortho intramolecular Hbond substituents is 1. The highest BCUT2D eigenvalue weighted by atomic mass is 16.5. The highest BCUT2D eigenvalue weighted by molar-refractivity contribution is 5.96. The van der Waals surface area contributed by atoms with E-state index in [1.165, 1.54) is 39.7 Å². The zero-order valence-electron chi connectivity index (χ0n) is 15.8. The molecule has 8 nitrogen and oxygen atoms in total. The number of carbonyl (C=O) groups is 1. The van der Waals surface area contributed by atoms with Crippen molar-refractivity contribution in [2.24, 2.45) is 5.10 Å². The molecule has 1 amide bonds. The Morgan fingerprint density at radius 3 is 2.07 bits per heavy atom. The predicted octanol–water partition coefficient (Wildman–Crippen LogP) is 2.50. The van der Waals surface area contributed by atoms with Crippen molar-refractivity contribution in [2.75, 3.05) is 28.4 Å². The normalized spacial score (nSPS) is 10.6. The Labute approximate surface area is 157 Å². The largest absolute Gasteiger partial charge is 0.502 e. The number of aryl methyl sites for hydroxylation is 1. The molecule has 0 spiro atoms. The Hall–Kier alpha value is -3.42. The summed E-state index contributed by atoms with van der Waals surface area (Å²) in [4.78, 5) is 12.4. The lowest BCUT2D eigenvalue weighted by molar-refractivity contribution is 0.0954. The first-order valence-electron chi connectivity index (χ1n) is 7.96. The van der Waals surface area contributed by atoms with Gasteiger partial charge in [0.15, 0.2) is 23.0 Å². The molecule has 0 radical (unpaired) electrons. The van der Waals surface area contributed by atoms with Crippen LogP contribution in [0.5, 0.6) is 28.7 Å². The number of benzene rings is 2. The molecule has 0 bridgehead atoms. The van der Waals surface area contributed by atoms with Crippen LogP contribution in [0.2, 0.25) is 0 Å². The van der Waals surface area contributed by atoms with E-state index in [2.05, 4.69) is 10.5 Å². The molecule has 0 saturated heterocycles. The van der Waals surface area contributed by atoms with Crippen molar-refractivity contribution in [3.63, 3.8) is 0 Å². The highest BCUT2D eigenvalue weighted by Gasteiger charge is 2.15. The third-order valence-corrected chi connectivity index (χ3v) is 3.76. The summed E-state index contributed by atoms with van der Waals surface area (Å²) in [6.45, 7) is 1.91. The van der Waals surface area contributed by atoms with E-state index < -0.39 is 5.91 Å². The van der Waals surface area contributed by atoms with E-state index >= 15 is 0 Å². The summed E-state index contributed by atoms with van der Waals surface area (Å²) in [5.41, 5.74) is 4.24. The van der Waals surface area contributed by atoms with Crippen LogP contribution in [0.4, 0.5) is 0 Å². The zero-order chi connectivity index (χ0) is 20.0. The quantitative estimate of drug-likeness (QED) is 0.571. The second-order valence-electron chi connectivity index (χ2n) is 5.52. The van der Waals surface area contributed by atoms with Gasteiger partial charge in [-0.05, 0) is 36.8 Å². The molecule has 0 aliphatic carbocycles. The lowest BCUT2D eigenvalue weighted by Crippen LogP contribution is -2.18. The maximum absolute atomic E-state index is 12.4. The molecule has 0 heterocycles. The summed E-state index contributed by atoms with van der Waals surface area (Å²) in [5.74, 6) is 0.632. The second-order valence-corrected chi connectivity index (χ2v) is 5.52. The summed E-state index contributed by atoms with van der Waals surface area (Å²) in [5, 5.41) is 13.9. The number of amides is 1. The van der Waals surface area contributed by atoms with Gasteiger partial charge in [-0.15, -0.1) is 0 Å². The average molecular weight is 374 g/mol. The summed E-state index contributed by atoms with van der Waals surface area (Å²) in [6, 6.07) is 6.46. The third-order valence-electron chi connectivity index (χ3n) is 3.76. The number of carbonyl (C=O) groups excluding carboxylic acids is 1. The molecular formula is C19H22N2O6. The molecule has 8 heteroatoms. The van der Waals surface area contributed by atoms with Gasteiger partial charge in [0.1, 0.15) is 0 Å². The van der Waals surface area contributed by atoms with Crippen molar-refractivity contribution in [3.8, 4) is 28.7 Å². The molecule has 0 atom stereocenters. The van der Waals surface area contributed by atoms with E-state index in [1.54, 1.807) is 7.11 Å². The third kappa shape index (κ3) is 4.41. The predicted molar refractivity (Wildman–Crippen MR) is 101 cm³/mol. The Balaban J connectivity index is 2.25. The second kappa shape index (κ2) is 8.79. The van der Waals surface area contributed by atoms with Gasteiger partial charge in [-0.2, -0.15) is 5.10 Å². The molecular weight excluding hydrogens is 352 g/mol. The van der Waals surface area contributed by atoms with Gasteiger partial charge in [0.25, 0.3) is 5.91 Å². The maximum Gasteiger partial charge on any atom is 0.271 e. The SMILES string of the molecule is COc1cc(C(=O)N/N=C/c2cc(C)cc(OC)c2OC)cc(OC)c1O. The topological polar surface area (TPSA) is 98.6 Å². The Kier molecular flexibility index (Phi) is 6.48. The monoisotopic (exact) mass is 374 g/mol. The van der Waals surface area contributed by atoms with Crippen LogP contribution < -0.4 is 24.4 Å². The highest BCUT2D eigenvalue weighted by Crippen LogP contribution is 2.37. The Bertz CT molecular complexity index is 839. The summed E-state index contributed by atoms with van der Waals surface area (Å²) in [7, 11) is 5.83. The van der Waals surface area contributed by atoms with Crippen LogP contribution in [0.15, 0.2) is 29.4 Å². The van der Waals surface area contributed by atoms with Crippen LogP contribution in [0.1, 0.15) is 21.5 Å². The van der Waals surface area contributed by atoms with Gasteiger partial charge in [0, 0.05) is 11.1 Å². The number of nitrogens with one attached hydrogen (secondary N) is 1. The number of hydrazone groups is 1. The van der Waals surface area contributed by atoms with Gasteiger partial charge < -0.3 is 24.1 Å². The van der Waals surface area contributed by atoms with Crippen LogP contribution in [-0.2, 0) is 0 Å². The molecule has 2 N–H and O–H groups in total. The van der Waals surface area contributed by atoms with E-state index in [9.17, 15) is 9.90 Å². The van der Waals surface area contributed by atoms with Crippen molar-refractivity contribution < 1.29 is 28.8 Å². The van der Waals surface area contributed by atoms with Crippen molar-refractivity contribution in [1.29, 1.82) is 0 Å². The minimum atomic E-state index is -0.499. The first kappa shape index (κ1) is 19.9. The van der Waals surface area contributed by atoms with E-state index in [-0.39, 0.29) is 22.8 Å². The molecule has 0 fully saturated rings. The molecule has 0 saturated carbocycles. The summed E-state index contributed by atoms with van der Waals surface area (Å²) in [6.07, 6.45) is 1.46. The van der Waals surface area contributed by atoms with Crippen molar-refractivity contribution in [1.82, 2.24) is 5.43 Å². The smallest absolute Gasteiger partial charge is 0.271 e. The van der Waals surface area contributed by atoms with Crippen molar-refractivity contribution in [2.45, 2.75) is 6.92 Å². The fourth-order valence-corrected chi connectivity index (χ4v) is 2.48. The first-order valence-corrected chi connectivity index (χ1v) is 7.96. The van der Waals surface area contributed by atoms with Crippen LogP contribution >= 0.6 is 0 Å². The fraction of sp³-hybridized carbons (Fsp3) is 0.263. The molecule has 0 unspecified atom stereocenters. The number of phenols is 1. The van der Waals surface area contributed by atoms with Gasteiger partial charge in [-0.3, -0.25) is 4.79 Å². The minimum absolute atomic E-state index is 0.119. The van der Waals surface area contributed by atoms with Gasteiger partial charge >= 0.3 is 0 Å². The standard InChI is InChI=1S/C19H22N2O6/c1-11-6-13(18(27-5)16(7-11)26-4)10-20-21-19(23)12-8-14(24-2)17(22)15(9-12)25-3/h6-10,22H,1-5H3,(H,21,23)/b20-10+. The Morgan fingerprint density at radius 1 is 0.963 bits per heavy atom. The molecule has 2 aromatic carbocycles. The number of rotatable bonds is 7. The van der Waals surface area contributed by atoms with Crippen LogP contribution in [0.25, 0.3) is 0 Å².